The van der Waals surface area contributed by atoms with Crippen LogP contribution in [-0.4, -0.2) is 36.7 Å². The van der Waals surface area contributed by atoms with Gasteiger partial charge in [-0.2, -0.15) is 0 Å². The Morgan fingerprint density at radius 1 is 1.20 bits per heavy atom. The molecule has 1 aromatic rings. The second-order valence-corrected chi connectivity index (χ2v) is 6.20. The Hall–Kier alpha value is -1.06. The van der Waals surface area contributed by atoms with Gasteiger partial charge in [0.05, 0.1) is 6.61 Å². The number of ether oxygens (including phenoxy) is 1. The lowest BCUT2D eigenvalue weighted by Gasteiger charge is -2.36. The van der Waals surface area contributed by atoms with Crippen LogP contribution >= 0.6 is 0 Å². The number of hydrogen-bond acceptors (Lipinski definition) is 3. The number of nitrogens with zero attached hydrogens (tertiary/aromatic N) is 1. The third-order valence-electron chi connectivity index (χ3n) is 4.92. The van der Waals surface area contributed by atoms with Gasteiger partial charge in [-0.05, 0) is 38.3 Å². The van der Waals surface area contributed by atoms with Crippen LogP contribution < -0.4 is 10.5 Å². The van der Waals surface area contributed by atoms with Crippen molar-refractivity contribution in [2.75, 3.05) is 19.7 Å². The Morgan fingerprint density at radius 2 is 1.95 bits per heavy atom. The molecule has 1 fully saturated rings. The molecule has 0 bridgehead atoms. The summed E-state index contributed by atoms with van der Waals surface area (Å²) in [5, 5.41) is 0. The maximum Gasteiger partial charge on any atom is 0.122 e. The molecule has 1 saturated carbocycles. The minimum absolute atomic E-state index is 0.431. The van der Waals surface area contributed by atoms with Gasteiger partial charge in [0.25, 0.3) is 0 Å². The average Bonchev–Trinajstić information content (AvgIpc) is 2.89. The van der Waals surface area contributed by atoms with Crippen LogP contribution in [0, 0.1) is 0 Å². The molecule has 20 heavy (non-hydrogen) atoms. The van der Waals surface area contributed by atoms with Crippen LogP contribution in [0.2, 0.25) is 0 Å². The highest BCUT2D eigenvalue weighted by Gasteiger charge is 2.29. The molecule has 0 saturated heterocycles. The Balaban J connectivity index is 1.64. The molecule has 3 nitrogen and oxygen atoms in total. The Morgan fingerprint density at radius 3 is 2.70 bits per heavy atom. The molecule has 0 aromatic heterocycles. The fourth-order valence-corrected chi connectivity index (χ4v) is 3.67. The SMILES string of the molecule is CCN(CC1COc2ccccc21)C1CCC(N)CC1. The van der Waals surface area contributed by atoms with Gasteiger partial charge in [-0.25, -0.2) is 0 Å². The molecule has 1 heterocycles. The number of likely N-dealkylation sites (N-methyl/N-ethyl adjacent to an activating group) is 1. The second-order valence-electron chi connectivity index (χ2n) is 6.20. The molecular weight excluding hydrogens is 248 g/mol. The first-order valence-electron chi connectivity index (χ1n) is 7.99. The predicted octanol–water partition coefficient (Wildman–Crippen LogP) is 2.75. The summed E-state index contributed by atoms with van der Waals surface area (Å²) in [5.74, 6) is 1.61. The zero-order valence-corrected chi connectivity index (χ0v) is 12.4. The fraction of sp³-hybridized carbons (Fsp3) is 0.647. The minimum atomic E-state index is 0.431. The van der Waals surface area contributed by atoms with Crippen molar-refractivity contribution in [1.29, 1.82) is 0 Å². The van der Waals surface area contributed by atoms with Crippen LogP contribution in [0.3, 0.4) is 0 Å². The Bertz CT molecular complexity index is 440. The summed E-state index contributed by atoms with van der Waals surface area (Å²) in [6.45, 7) is 5.35. The Labute approximate surface area is 122 Å². The fourth-order valence-electron chi connectivity index (χ4n) is 3.67. The number of rotatable bonds is 4. The van der Waals surface area contributed by atoms with E-state index in [9.17, 15) is 0 Å². The van der Waals surface area contributed by atoms with Crippen molar-refractivity contribution in [3.63, 3.8) is 0 Å². The number of fused-ring (bicyclic) bond motifs is 1. The third kappa shape index (κ3) is 2.84. The van der Waals surface area contributed by atoms with Crippen LogP contribution in [-0.2, 0) is 0 Å². The van der Waals surface area contributed by atoms with E-state index in [1.807, 2.05) is 0 Å². The zero-order valence-electron chi connectivity index (χ0n) is 12.4. The lowest BCUT2D eigenvalue weighted by atomic mass is 9.89. The molecule has 1 unspecified atom stereocenters. The number of para-hydroxylation sites is 1. The molecule has 3 rings (SSSR count). The smallest absolute Gasteiger partial charge is 0.122 e. The van der Waals surface area contributed by atoms with E-state index in [4.69, 9.17) is 10.5 Å². The quantitative estimate of drug-likeness (QED) is 0.917. The number of nitrogens with two attached hydrogens (primary N) is 1. The zero-order chi connectivity index (χ0) is 13.9. The van der Waals surface area contributed by atoms with E-state index in [0.717, 1.165) is 25.4 Å². The molecule has 0 spiro atoms. The molecule has 1 atom stereocenters. The lowest BCUT2D eigenvalue weighted by molar-refractivity contribution is 0.142. The summed E-state index contributed by atoms with van der Waals surface area (Å²) in [6, 6.07) is 9.63. The van der Waals surface area contributed by atoms with Gasteiger partial charge in [-0.15, -0.1) is 0 Å². The van der Waals surface area contributed by atoms with E-state index in [0.29, 0.717) is 18.0 Å². The summed E-state index contributed by atoms with van der Waals surface area (Å²) in [5.41, 5.74) is 7.41. The first-order valence-corrected chi connectivity index (χ1v) is 7.99. The van der Waals surface area contributed by atoms with Crippen LogP contribution in [0.4, 0.5) is 0 Å². The normalized spacial score (nSPS) is 29.2. The monoisotopic (exact) mass is 274 g/mol. The van der Waals surface area contributed by atoms with Crippen molar-refractivity contribution in [3.8, 4) is 5.75 Å². The van der Waals surface area contributed by atoms with Crippen molar-refractivity contribution >= 4 is 0 Å². The standard InChI is InChI=1S/C17H26N2O/c1-2-19(15-9-7-14(18)8-10-15)11-13-12-20-17-6-4-3-5-16(13)17/h3-6,13-15H,2,7-12,18H2,1H3. The molecule has 2 aliphatic rings. The van der Waals surface area contributed by atoms with Crippen LogP contribution in [0.25, 0.3) is 0 Å². The molecule has 110 valence electrons. The molecule has 0 radical (unpaired) electrons. The van der Waals surface area contributed by atoms with Gasteiger partial charge < -0.3 is 10.5 Å². The summed E-state index contributed by atoms with van der Waals surface area (Å²) < 4.78 is 5.81. The first kappa shape index (κ1) is 13.9. The summed E-state index contributed by atoms with van der Waals surface area (Å²) >= 11 is 0. The molecule has 0 amide bonds. The summed E-state index contributed by atoms with van der Waals surface area (Å²) in [4.78, 5) is 2.64. The van der Waals surface area contributed by atoms with Gasteiger partial charge in [0, 0.05) is 30.1 Å². The summed E-state index contributed by atoms with van der Waals surface area (Å²) in [6.07, 6.45) is 4.87. The van der Waals surface area contributed by atoms with Crippen LogP contribution in [0.1, 0.15) is 44.1 Å². The highest BCUT2D eigenvalue weighted by molar-refractivity contribution is 5.39. The number of hydrogen-bond donors (Lipinski definition) is 1. The number of benzene rings is 1. The van der Waals surface area contributed by atoms with E-state index < -0.39 is 0 Å². The van der Waals surface area contributed by atoms with Gasteiger partial charge in [-0.1, -0.05) is 25.1 Å². The van der Waals surface area contributed by atoms with E-state index in [1.54, 1.807) is 0 Å². The van der Waals surface area contributed by atoms with Crippen molar-refractivity contribution in [2.24, 2.45) is 5.73 Å². The van der Waals surface area contributed by atoms with Gasteiger partial charge in [0.15, 0.2) is 0 Å². The van der Waals surface area contributed by atoms with Crippen molar-refractivity contribution in [3.05, 3.63) is 29.8 Å². The maximum absolute atomic E-state index is 6.03. The molecular formula is C17H26N2O. The van der Waals surface area contributed by atoms with Crippen molar-refractivity contribution in [1.82, 2.24) is 4.90 Å². The molecule has 1 aliphatic carbocycles. The predicted molar refractivity (Wildman–Crippen MR) is 82.2 cm³/mol. The largest absolute Gasteiger partial charge is 0.493 e. The molecule has 3 heteroatoms. The van der Waals surface area contributed by atoms with Gasteiger partial charge >= 0.3 is 0 Å². The van der Waals surface area contributed by atoms with E-state index in [2.05, 4.69) is 36.1 Å². The Kier molecular flexibility index (Phi) is 4.27. The van der Waals surface area contributed by atoms with Crippen LogP contribution in [0.15, 0.2) is 24.3 Å². The van der Waals surface area contributed by atoms with Gasteiger partial charge in [0.2, 0.25) is 0 Å². The average molecular weight is 274 g/mol. The highest BCUT2D eigenvalue weighted by Crippen LogP contribution is 2.35. The van der Waals surface area contributed by atoms with E-state index in [-0.39, 0.29) is 0 Å². The molecule has 2 N–H and O–H groups in total. The highest BCUT2D eigenvalue weighted by atomic mass is 16.5. The first-order chi connectivity index (χ1) is 9.78. The van der Waals surface area contributed by atoms with Crippen molar-refractivity contribution < 1.29 is 4.74 Å². The molecule has 1 aliphatic heterocycles. The molecule has 1 aromatic carbocycles. The van der Waals surface area contributed by atoms with E-state index >= 15 is 0 Å². The summed E-state index contributed by atoms with van der Waals surface area (Å²) in [7, 11) is 0. The topological polar surface area (TPSA) is 38.5 Å². The lowest BCUT2D eigenvalue weighted by Crippen LogP contribution is -2.42. The van der Waals surface area contributed by atoms with E-state index in [1.165, 1.54) is 31.2 Å². The third-order valence-corrected chi connectivity index (χ3v) is 4.92. The van der Waals surface area contributed by atoms with Gasteiger partial charge in [0.1, 0.15) is 5.75 Å². The second kappa shape index (κ2) is 6.15. The maximum atomic E-state index is 6.03. The van der Waals surface area contributed by atoms with Gasteiger partial charge in [-0.3, -0.25) is 4.90 Å². The minimum Gasteiger partial charge on any atom is -0.493 e. The van der Waals surface area contributed by atoms with Crippen LogP contribution in [0.5, 0.6) is 5.75 Å². The van der Waals surface area contributed by atoms with Crippen molar-refractivity contribution in [2.45, 2.75) is 50.6 Å².